The van der Waals surface area contributed by atoms with E-state index in [1.54, 1.807) is 4.90 Å². The first-order valence-corrected chi connectivity index (χ1v) is 14.1. The van der Waals surface area contributed by atoms with Gasteiger partial charge in [0.25, 0.3) is 5.91 Å². The van der Waals surface area contributed by atoms with Gasteiger partial charge in [-0.1, -0.05) is 12.8 Å². The van der Waals surface area contributed by atoms with Crippen molar-refractivity contribution in [3.8, 4) is 0 Å². The highest BCUT2D eigenvalue weighted by atomic mass is 35.5. The van der Waals surface area contributed by atoms with Crippen molar-refractivity contribution in [2.75, 3.05) is 38.1 Å². The highest BCUT2D eigenvalue weighted by Gasteiger charge is 2.44. The Hall–Kier alpha value is -1.73. The lowest BCUT2D eigenvalue weighted by Crippen LogP contribution is -2.37. The number of carbonyl (C=O) groups is 2. The molecule has 190 valence electrons. The van der Waals surface area contributed by atoms with Gasteiger partial charge in [0.2, 0.25) is 0 Å². The van der Waals surface area contributed by atoms with Gasteiger partial charge in [-0.3, -0.25) is 4.79 Å². The summed E-state index contributed by atoms with van der Waals surface area (Å²) < 4.78 is 5.63. The molecular weight excluding hydrogens is 487 g/mol. The number of halogens is 2. The van der Waals surface area contributed by atoms with E-state index in [9.17, 15) is 9.59 Å². The van der Waals surface area contributed by atoms with Crippen LogP contribution in [-0.2, 0) is 4.74 Å². The molecule has 2 saturated carbocycles. The SMILES string of the molecule is O=C(OCC1CC(Cl)CC(Cl)C1)N1CC2CN(C(=O)c3cc4c(cn3)NC3CCCCC43)CC2C1. The standard InChI is InChI=1S/C26H34Cl2N4O3/c27-18-5-15(6-19(28)7-18)14-35-26(34)32-12-16-10-31(11-17(16)13-32)25(33)23-8-21-20-3-1-2-4-22(20)30-24(21)9-29-23/h8-9,15-20,22,30H,1-7,10-14H2. The van der Waals surface area contributed by atoms with Gasteiger partial charge in [-0.25, -0.2) is 9.78 Å². The van der Waals surface area contributed by atoms with Gasteiger partial charge in [-0.2, -0.15) is 0 Å². The van der Waals surface area contributed by atoms with Crippen LogP contribution in [0.5, 0.6) is 0 Å². The number of aromatic nitrogens is 1. The highest BCUT2D eigenvalue weighted by molar-refractivity contribution is 6.23. The Bertz CT molecular complexity index is 969. The zero-order valence-corrected chi connectivity index (χ0v) is 21.5. The molecule has 1 N–H and O–H groups in total. The maximum absolute atomic E-state index is 13.3. The molecule has 0 radical (unpaired) electrons. The van der Waals surface area contributed by atoms with E-state index < -0.39 is 0 Å². The molecule has 2 saturated heterocycles. The van der Waals surface area contributed by atoms with Gasteiger partial charge in [-0.05, 0) is 49.7 Å². The summed E-state index contributed by atoms with van der Waals surface area (Å²) in [5.41, 5.74) is 2.92. The first kappa shape index (κ1) is 23.7. The van der Waals surface area contributed by atoms with E-state index in [4.69, 9.17) is 27.9 Å². The topological polar surface area (TPSA) is 74.8 Å². The third kappa shape index (κ3) is 4.71. The number of fused-ring (bicyclic) bond motifs is 4. The molecule has 3 aliphatic heterocycles. The van der Waals surface area contributed by atoms with Gasteiger partial charge in [0, 0.05) is 60.7 Å². The fourth-order valence-electron chi connectivity index (χ4n) is 7.07. The van der Waals surface area contributed by atoms with Crippen molar-refractivity contribution in [3.63, 3.8) is 0 Å². The number of amides is 2. The van der Waals surface area contributed by atoms with Crippen molar-refractivity contribution < 1.29 is 14.3 Å². The number of nitrogens with zero attached hydrogens (tertiary/aromatic N) is 3. The molecule has 6 unspecified atom stereocenters. The summed E-state index contributed by atoms with van der Waals surface area (Å²) in [6, 6.07) is 2.52. The molecule has 4 fully saturated rings. The number of hydrogen-bond acceptors (Lipinski definition) is 5. The van der Waals surface area contributed by atoms with E-state index in [2.05, 4.69) is 10.3 Å². The summed E-state index contributed by atoms with van der Waals surface area (Å²) in [6.45, 7) is 2.99. The number of hydrogen-bond donors (Lipinski definition) is 1. The molecule has 2 aliphatic carbocycles. The molecule has 0 spiro atoms. The molecule has 9 heteroatoms. The number of anilines is 1. The Morgan fingerprint density at radius 1 is 1.00 bits per heavy atom. The number of carbonyl (C=O) groups excluding carboxylic acids is 2. The molecule has 6 atom stereocenters. The lowest BCUT2D eigenvalue weighted by molar-refractivity contribution is 0.0743. The predicted octanol–water partition coefficient (Wildman–Crippen LogP) is 4.69. The van der Waals surface area contributed by atoms with Crippen LogP contribution in [0.2, 0.25) is 0 Å². The first-order chi connectivity index (χ1) is 16.9. The Kier molecular flexibility index (Phi) is 6.50. The summed E-state index contributed by atoms with van der Waals surface area (Å²) in [7, 11) is 0. The van der Waals surface area contributed by atoms with Crippen LogP contribution in [0, 0.1) is 17.8 Å². The van der Waals surface area contributed by atoms with Crippen molar-refractivity contribution in [2.45, 2.75) is 67.7 Å². The monoisotopic (exact) mass is 520 g/mol. The second kappa shape index (κ2) is 9.62. The Balaban J connectivity index is 1.02. The highest BCUT2D eigenvalue weighted by Crippen LogP contribution is 2.44. The van der Waals surface area contributed by atoms with Crippen molar-refractivity contribution in [2.24, 2.45) is 17.8 Å². The van der Waals surface area contributed by atoms with Gasteiger partial charge in [0.1, 0.15) is 5.69 Å². The van der Waals surface area contributed by atoms with E-state index in [-0.39, 0.29) is 28.7 Å². The van der Waals surface area contributed by atoms with E-state index in [1.165, 1.54) is 31.2 Å². The third-order valence-electron chi connectivity index (χ3n) is 8.83. The molecule has 4 heterocycles. The van der Waals surface area contributed by atoms with Crippen LogP contribution in [0.3, 0.4) is 0 Å². The first-order valence-electron chi connectivity index (χ1n) is 13.2. The normalized spacial score (nSPS) is 35.8. The molecule has 1 aromatic heterocycles. The van der Waals surface area contributed by atoms with Gasteiger partial charge >= 0.3 is 6.09 Å². The van der Waals surface area contributed by atoms with E-state index in [0.717, 1.165) is 24.9 Å². The fourth-order valence-corrected chi connectivity index (χ4v) is 8.09. The van der Waals surface area contributed by atoms with Crippen LogP contribution < -0.4 is 5.32 Å². The summed E-state index contributed by atoms with van der Waals surface area (Å²) in [5.74, 6) is 1.33. The lowest BCUT2D eigenvalue weighted by atomic mass is 9.83. The molecule has 5 aliphatic rings. The smallest absolute Gasteiger partial charge is 0.409 e. The van der Waals surface area contributed by atoms with Crippen LogP contribution in [-0.4, -0.2) is 76.4 Å². The average molecular weight is 521 g/mol. The maximum atomic E-state index is 13.3. The Morgan fingerprint density at radius 3 is 2.43 bits per heavy atom. The molecule has 1 aromatic rings. The number of rotatable bonds is 3. The number of ether oxygens (including phenoxy) is 1. The van der Waals surface area contributed by atoms with Crippen LogP contribution in [0.15, 0.2) is 12.3 Å². The van der Waals surface area contributed by atoms with Gasteiger partial charge in [0.15, 0.2) is 0 Å². The minimum atomic E-state index is -0.255. The van der Waals surface area contributed by atoms with Crippen LogP contribution in [0.1, 0.15) is 66.9 Å². The van der Waals surface area contributed by atoms with E-state index >= 15 is 0 Å². The van der Waals surface area contributed by atoms with Gasteiger partial charge in [-0.15, -0.1) is 23.2 Å². The molecule has 2 amide bonds. The second-order valence-corrected chi connectivity index (χ2v) is 12.5. The number of likely N-dealkylation sites (tertiary alicyclic amines) is 2. The zero-order valence-electron chi connectivity index (χ0n) is 20.0. The summed E-state index contributed by atoms with van der Waals surface area (Å²) in [6.07, 6.45) is 8.99. The average Bonchev–Trinajstić information content (AvgIpc) is 3.52. The molecule has 6 rings (SSSR count). The van der Waals surface area contributed by atoms with Gasteiger partial charge < -0.3 is 19.9 Å². The van der Waals surface area contributed by atoms with Crippen molar-refractivity contribution in [1.29, 1.82) is 0 Å². The van der Waals surface area contributed by atoms with Crippen molar-refractivity contribution in [1.82, 2.24) is 14.8 Å². The Morgan fingerprint density at radius 2 is 1.69 bits per heavy atom. The van der Waals surface area contributed by atoms with Crippen molar-refractivity contribution >= 4 is 40.9 Å². The fraction of sp³-hybridized carbons (Fsp3) is 0.731. The molecule has 7 nitrogen and oxygen atoms in total. The lowest BCUT2D eigenvalue weighted by Gasteiger charge is -2.29. The Labute approximate surface area is 216 Å². The predicted molar refractivity (Wildman–Crippen MR) is 135 cm³/mol. The largest absolute Gasteiger partial charge is 0.449 e. The summed E-state index contributed by atoms with van der Waals surface area (Å²) in [5, 5.41) is 3.73. The van der Waals surface area contributed by atoms with Crippen LogP contribution in [0.4, 0.5) is 10.5 Å². The zero-order chi connectivity index (χ0) is 24.1. The van der Waals surface area contributed by atoms with E-state index in [1.807, 2.05) is 17.2 Å². The quantitative estimate of drug-likeness (QED) is 0.585. The summed E-state index contributed by atoms with van der Waals surface area (Å²) in [4.78, 5) is 34.2. The van der Waals surface area contributed by atoms with E-state index in [0.29, 0.717) is 62.3 Å². The van der Waals surface area contributed by atoms with Crippen molar-refractivity contribution in [3.05, 3.63) is 23.5 Å². The minimum Gasteiger partial charge on any atom is -0.449 e. The molecule has 0 bridgehead atoms. The number of alkyl halides is 2. The minimum absolute atomic E-state index is 0.0131. The molecule has 35 heavy (non-hydrogen) atoms. The third-order valence-corrected chi connectivity index (χ3v) is 9.54. The van der Waals surface area contributed by atoms with Crippen LogP contribution >= 0.6 is 23.2 Å². The molecular formula is C26H34Cl2N4O3. The summed E-state index contributed by atoms with van der Waals surface area (Å²) >= 11 is 12.6. The number of nitrogens with one attached hydrogen (secondary N) is 1. The number of pyridine rings is 1. The van der Waals surface area contributed by atoms with Crippen LogP contribution in [0.25, 0.3) is 0 Å². The maximum Gasteiger partial charge on any atom is 0.409 e. The molecule has 0 aromatic carbocycles. The second-order valence-electron chi connectivity index (χ2n) is 11.3. The van der Waals surface area contributed by atoms with Gasteiger partial charge in [0.05, 0.1) is 18.5 Å².